The SMILES string of the molecule is CCCCCCCC(=O)NC(Nc1ccccc1C)C(Cl)(Cl)Cl. The summed E-state index contributed by atoms with van der Waals surface area (Å²) in [5.41, 5.74) is 1.84. The van der Waals surface area contributed by atoms with Crippen LogP contribution in [-0.2, 0) is 4.79 Å². The number of carbonyl (C=O) groups is 1. The number of halogens is 3. The van der Waals surface area contributed by atoms with Crippen molar-refractivity contribution in [3.05, 3.63) is 29.8 Å². The smallest absolute Gasteiger partial charge is 0.228 e. The van der Waals surface area contributed by atoms with Gasteiger partial charge in [-0.3, -0.25) is 4.79 Å². The molecule has 1 amide bonds. The molecule has 0 bridgehead atoms. The van der Waals surface area contributed by atoms with Crippen molar-refractivity contribution in [1.82, 2.24) is 5.32 Å². The maximum absolute atomic E-state index is 12.1. The van der Waals surface area contributed by atoms with Crippen molar-refractivity contribution in [2.75, 3.05) is 5.32 Å². The summed E-state index contributed by atoms with van der Waals surface area (Å²) in [6.07, 6.45) is 5.09. The first kappa shape index (κ1) is 20.4. The fourth-order valence-corrected chi connectivity index (χ4v) is 2.54. The average Bonchev–Trinajstić information content (AvgIpc) is 2.47. The number of amides is 1. The molecule has 0 saturated heterocycles. The van der Waals surface area contributed by atoms with Crippen LogP contribution in [0.15, 0.2) is 24.3 Å². The summed E-state index contributed by atoms with van der Waals surface area (Å²) in [5.74, 6) is -0.112. The van der Waals surface area contributed by atoms with Crippen molar-refractivity contribution in [3.63, 3.8) is 0 Å². The van der Waals surface area contributed by atoms with E-state index in [4.69, 9.17) is 34.8 Å². The summed E-state index contributed by atoms with van der Waals surface area (Å²) in [6.45, 7) is 4.11. The van der Waals surface area contributed by atoms with Crippen LogP contribution in [0, 0.1) is 6.92 Å². The molecule has 1 atom stereocenters. The van der Waals surface area contributed by atoms with E-state index in [0.29, 0.717) is 6.42 Å². The number of rotatable bonds is 9. The Bertz CT molecular complexity index is 489. The van der Waals surface area contributed by atoms with Crippen molar-refractivity contribution in [3.8, 4) is 0 Å². The minimum atomic E-state index is -1.64. The summed E-state index contributed by atoms with van der Waals surface area (Å²) in [6, 6.07) is 7.66. The van der Waals surface area contributed by atoms with E-state index < -0.39 is 9.96 Å². The van der Waals surface area contributed by atoms with Gasteiger partial charge in [-0.15, -0.1) is 0 Å². The first-order chi connectivity index (χ1) is 10.8. The Labute approximate surface area is 154 Å². The van der Waals surface area contributed by atoms with E-state index >= 15 is 0 Å². The number of alkyl halides is 3. The molecule has 0 heterocycles. The quantitative estimate of drug-likeness (QED) is 0.334. The van der Waals surface area contributed by atoms with Gasteiger partial charge in [-0.2, -0.15) is 0 Å². The van der Waals surface area contributed by atoms with Gasteiger partial charge in [0.1, 0.15) is 6.17 Å². The third-order valence-electron chi connectivity index (χ3n) is 3.58. The van der Waals surface area contributed by atoms with Crippen LogP contribution in [0.5, 0.6) is 0 Å². The number of carbonyl (C=O) groups excluding carboxylic acids is 1. The van der Waals surface area contributed by atoms with E-state index in [2.05, 4.69) is 17.6 Å². The molecule has 0 aromatic heterocycles. The Morgan fingerprint density at radius 3 is 2.39 bits per heavy atom. The van der Waals surface area contributed by atoms with Gasteiger partial charge in [0.05, 0.1) is 0 Å². The highest BCUT2D eigenvalue weighted by Gasteiger charge is 2.34. The third kappa shape index (κ3) is 8.14. The van der Waals surface area contributed by atoms with Crippen LogP contribution in [0.25, 0.3) is 0 Å². The Balaban J connectivity index is 2.55. The Morgan fingerprint density at radius 1 is 1.13 bits per heavy atom. The summed E-state index contributed by atoms with van der Waals surface area (Å²) in [5, 5.41) is 5.88. The highest BCUT2D eigenvalue weighted by atomic mass is 35.6. The van der Waals surface area contributed by atoms with Gasteiger partial charge in [-0.25, -0.2) is 0 Å². The number of anilines is 1. The Morgan fingerprint density at radius 2 is 1.78 bits per heavy atom. The van der Waals surface area contributed by atoms with E-state index in [0.717, 1.165) is 30.5 Å². The molecule has 0 fully saturated rings. The van der Waals surface area contributed by atoms with Crippen molar-refractivity contribution in [1.29, 1.82) is 0 Å². The third-order valence-corrected chi connectivity index (χ3v) is 4.24. The zero-order valence-corrected chi connectivity index (χ0v) is 15.9. The van der Waals surface area contributed by atoms with Gasteiger partial charge in [-0.05, 0) is 25.0 Å². The molecule has 0 spiro atoms. The zero-order chi connectivity index (χ0) is 17.3. The molecule has 0 saturated carbocycles. The summed E-state index contributed by atoms with van der Waals surface area (Å²) in [7, 11) is 0. The van der Waals surface area contributed by atoms with Crippen LogP contribution in [0.2, 0.25) is 0 Å². The molecule has 0 aliphatic carbocycles. The van der Waals surface area contributed by atoms with Crippen LogP contribution in [-0.4, -0.2) is 15.9 Å². The predicted molar refractivity (Wildman–Crippen MR) is 100 cm³/mol. The standard InChI is InChI=1S/C17H25Cl3N2O/c1-3-4-5-6-7-12-15(23)22-16(17(18,19)20)21-14-11-9-8-10-13(14)2/h8-11,16,21H,3-7,12H2,1-2H3,(H,22,23). The topological polar surface area (TPSA) is 41.1 Å². The Hall–Kier alpha value is -0.640. The molecule has 0 aliphatic rings. The second kappa shape index (κ2) is 10.3. The second-order valence-corrected chi connectivity index (χ2v) is 8.03. The largest absolute Gasteiger partial charge is 0.362 e. The molecule has 1 rings (SSSR count). The molecule has 1 aromatic carbocycles. The number of benzene rings is 1. The molecule has 0 radical (unpaired) electrons. The zero-order valence-electron chi connectivity index (χ0n) is 13.7. The van der Waals surface area contributed by atoms with Crippen LogP contribution in [0.1, 0.15) is 51.0 Å². The van der Waals surface area contributed by atoms with E-state index in [1.54, 1.807) is 0 Å². The van der Waals surface area contributed by atoms with Gasteiger partial charge in [0.2, 0.25) is 9.70 Å². The molecule has 3 nitrogen and oxygen atoms in total. The Kier molecular flexibility index (Phi) is 9.11. The molecular weight excluding hydrogens is 355 g/mol. The lowest BCUT2D eigenvalue weighted by molar-refractivity contribution is -0.121. The first-order valence-corrected chi connectivity index (χ1v) is 9.16. The molecule has 1 unspecified atom stereocenters. The number of aryl methyl sites for hydroxylation is 1. The van der Waals surface area contributed by atoms with Gasteiger partial charge >= 0.3 is 0 Å². The lowest BCUT2D eigenvalue weighted by atomic mass is 10.1. The van der Waals surface area contributed by atoms with Gasteiger partial charge in [0, 0.05) is 12.1 Å². The molecule has 1 aromatic rings. The molecule has 130 valence electrons. The molecular formula is C17H25Cl3N2O. The van der Waals surface area contributed by atoms with Crippen LogP contribution in [0.4, 0.5) is 5.69 Å². The van der Waals surface area contributed by atoms with Gasteiger partial charge in [0.25, 0.3) is 0 Å². The number of hydrogen-bond donors (Lipinski definition) is 2. The van der Waals surface area contributed by atoms with E-state index in [9.17, 15) is 4.79 Å². The number of para-hydroxylation sites is 1. The van der Waals surface area contributed by atoms with Gasteiger partial charge in [0.15, 0.2) is 0 Å². The van der Waals surface area contributed by atoms with Crippen molar-refractivity contribution < 1.29 is 4.79 Å². The molecule has 23 heavy (non-hydrogen) atoms. The fourth-order valence-electron chi connectivity index (χ4n) is 2.21. The number of nitrogens with one attached hydrogen (secondary N) is 2. The van der Waals surface area contributed by atoms with Gasteiger partial charge < -0.3 is 10.6 Å². The van der Waals surface area contributed by atoms with Crippen molar-refractivity contribution >= 4 is 46.4 Å². The van der Waals surface area contributed by atoms with Crippen LogP contribution in [0.3, 0.4) is 0 Å². The monoisotopic (exact) mass is 378 g/mol. The van der Waals surface area contributed by atoms with Crippen LogP contribution < -0.4 is 10.6 Å². The van der Waals surface area contributed by atoms with E-state index in [1.807, 2.05) is 31.2 Å². The molecule has 2 N–H and O–H groups in total. The predicted octanol–water partition coefficient (Wildman–Crippen LogP) is 5.58. The van der Waals surface area contributed by atoms with Crippen LogP contribution >= 0.6 is 34.8 Å². The molecule has 6 heteroatoms. The lowest BCUT2D eigenvalue weighted by Crippen LogP contribution is -2.49. The maximum atomic E-state index is 12.1. The summed E-state index contributed by atoms with van der Waals surface area (Å²) >= 11 is 18.0. The van der Waals surface area contributed by atoms with Crippen molar-refractivity contribution in [2.45, 2.75) is 62.3 Å². The summed E-state index contributed by atoms with van der Waals surface area (Å²) < 4.78 is -1.64. The fraction of sp³-hybridized carbons (Fsp3) is 0.588. The van der Waals surface area contributed by atoms with Crippen molar-refractivity contribution in [2.24, 2.45) is 0 Å². The number of hydrogen-bond acceptors (Lipinski definition) is 2. The first-order valence-electron chi connectivity index (χ1n) is 8.03. The lowest BCUT2D eigenvalue weighted by Gasteiger charge is -2.28. The average molecular weight is 380 g/mol. The highest BCUT2D eigenvalue weighted by molar-refractivity contribution is 6.68. The minimum absolute atomic E-state index is 0.112. The maximum Gasteiger partial charge on any atom is 0.228 e. The second-order valence-electron chi connectivity index (χ2n) is 5.67. The van der Waals surface area contributed by atoms with E-state index in [1.165, 1.54) is 12.8 Å². The molecule has 0 aliphatic heterocycles. The normalized spacial score (nSPS) is 12.7. The minimum Gasteiger partial charge on any atom is -0.362 e. The number of unbranched alkanes of at least 4 members (excludes halogenated alkanes) is 4. The van der Waals surface area contributed by atoms with E-state index in [-0.39, 0.29) is 5.91 Å². The van der Waals surface area contributed by atoms with Gasteiger partial charge in [-0.1, -0.05) is 85.6 Å². The summed E-state index contributed by atoms with van der Waals surface area (Å²) in [4.78, 5) is 12.1. The highest BCUT2D eigenvalue weighted by Crippen LogP contribution is 2.31.